The van der Waals surface area contributed by atoms with Gasteiger partial charge in [-0.1, -0.05) is 12.2 Å². The van der Waals surface area contributed by atoms with Gasteiger partial charge in [0.2, 0.25) is 0 Å². The summed E-state index contributed by atoms with van der Waals surface area (Å²) in [5.74, 6) is 0.922. The number of benzene rings is 1. The highest BCUT2D eigenvalue weighted by molar-refractivity contribution is 9.10. The average molecular weight is 336 g/mol. The molecular formula is C14H14BrN3S. The SMILES string of the molecule is Cc1cc(Br)cnc1N(C)c1ccc(C(N)=S)cc1. The van der Waals surface area contributed by atoms with E-state index in [0.29, 0.717) is 4.99 Å². The number of nitrogens with zero attached hydrogens (tertiary/aromatic N) is 2. The van der Waals surface area contributed by atoms with E-state index in [1.807, 2.05) is 49.2 Å². The van der Waals surface area contributed by atoms with Gasteiger partial charge in [-0.3, -0.25) is 0 Å². The van der Waals surface area contributed by atoms with Crippen molar-refractivity contribution in [3.8, 4) is 0 Å². The predicted octanol–water partition coefficient (Wildman–Crippen LogP) is 3.55. The molecule has 0 fully saturated rings. The van der Waals surface area contributed by atoms with Gasteiger partial charge in [-0.05, 0) is 58.7 Å². The first kappa shape index (κ1) is 14.0. The summed E-state index contributed by atoms with van der Waals surface area (Å²) in [4.78, 5) is 6.88. The Morgan fingerprint density at radius 3 is 2.47 bits per heavy atom. The lowest BCUT2D eigenvalue weighted by Gasteiger charge is -2.20. The molecule has 0 aliphatic rings. The van der Waals surface area contributed by atoms with E-state index in [9.17, 15) is 0 Å². The van der Waals surface area contributed by atoms with Gasteiger partial charge in [-0.2, -0.15) is 0 Å². The number of aryl methyl sites for hydroxylation is 1. The molecule has 0 radical (unpaired) electrons. The van der Waals surface area contributed by atoms with E-state index in [0.717, 1.165) is 27.1 Å². The molecule has 5 heteroatoms. The second-order valence-corrected chi connectivity index (χ2v) is 5.62. The van der Waals surface area contributed by atoms with Crippen LogP contribution < -0.4 is 10.6 Å². The number of hydrogen-bond acceptors (Lipinski definition) is 3. The molecule has 3 nitrogen and oxygen atoms in total. The molecule has 1 heterocycles. The first-order valence-corrected chi connectivity index (χ1v) is 6.95. The number of nitrogens with two attached hydrogens (primary N) is 1. The Bertz CT molecular complexity index is 611. The molecule has 0 spiro atoms. The van der Waals surface area contributed by atoms with E-state index in [1.54, 1.807) is 6.20 Å². The Labute approximate surface area is 126 Å². The quantitative estimate of drug-likeness (QED) is 0.871. The van der Waals surface area contributed by atoms with Crippen LogP contribution in [0, 0.1) is 6.92 Å². The molecule has 1 aromatic heterocycles. The van der Waals surface area contributed by atoms with Crippen molar-refractivity contribution in [2.45, 2.75) is 6.92 Å². The number of aromatic nitrogens is 1. The second kappa shape index (κ2) is 5.67. The van der Waals surface area contributed by atoms with Crippen molar-refractivity contribution >= 4 is 44.6 Å². The van der Waals surface area contributed by atoms with Crippen LogP contribution in [0.1, 0.15) is 11.1 Å². The van der Waals surface area contributed by atoms with Crippen LogP contribution in [0.25, 0.3) is 0 Å². The number of anilines is 2. The highest BCUT2D eigenvalue weighted by Gasteiger charge is 2.09. The zero-order valence-corrected chi connectivity index (χ0v) is 13.1. The highest BCUT2D eigenvalue weighted by atomic mass is 79.9. The van der Waals surface area contributed by atoms with Crippen molar-refractivity contribution in [1.29, 1.82) is 0 Å². The molecule has 98 valence electrons. The number of hydrogen-bond donors (Lipinski definition) is 1. The van der Waals surface area contributed by atoms with E-state index in [2.05, 4.69) is 20.9 Å². The lowest BCUT2D eigenvalue weighted by molar-refractivity contribution is 1.10. The largest absolute Gasteiger partial charge is 0.389 e. The molecule has 2 N–H and O–H groups in total. The smallest absolute Gasteiger partial charge is 0.135 e. The Morgan fingerprint density at radius 2 is 1.95 bits per heavy atom. The summed E-state index contributed by atoms with van der Waals surface area (Å²) in [6.45, 7) is 2.03. The van der Waals surface area contributed by atoms with Gasteiger partial charge < -0.3 is 10.6 Å². The van der Waals surface area contributed by atoms with Gasteiger partial charge in [0.1, 0.15) is 10.8 Å². The van der Waals surface area contributed by atoms with Gasteiger partial charge in [-0.25, -0.2) is 4.98 Å². The molecule has 0 amide bonds. The molecule has 0 saturated carbocycles. The topological polar surface area (TPSA) is 42.2 Å². The van der Waals surface area contributed by atoms with Gasteiger partial charge >= 0.3 is 0 Å². The van der Waals surface area contributed by atoms with Gasteiger partial charge in [0, 0.05) is 29.0 Å². The van der Waals surface area contributed by atoms with Crippen molar-refractivity contribution in [1.82, 2.24) is 4.98 Å². The summed E-state index contributed by atoms with van der Waals surface area (Å²) in [5.41, 5.74) is 8.61. The summed E-state index contributed by atoms with van der Waals surface area (Å²) < 4.78 is 0.978. The normalized spacial score (nSPS) is 10.3. The van der Waals surface area contributed by atoms with E-state index >= 15 is 0 Å². The Balaban J connectivity index is 2.33. The van der Waals surface area contributed by atoms with E-state index in [-0.39, 0.29) is 0 Å². The molecule has 0 aliphatic carbocycles. The summed E-state index contributed by atoms with van der Waals surface area (Å²) in [6, 6.07) is 9.85. The van der Waals surface area contributed by atoms with E-state index < -0.39 is 0 Å². The van der Waals surface area contributed by atoms with Crippen LogP contribution in [-0.2, 0) is 0 Å². The molecule has 2 aromatic rings. The monoisotopic (exact) mass is 335 g/mol. The Hall–Kier alpha value is -1.46. The minimum absolute atomic E-state index is 0.409. The molecule has 0 unspecified atom stereocenters. The summed E-state index contributed by atoms with van der Waals surface area (Å²) in [5, 5.41) is 0. The zero-order chi connectivity index (χ0) is 14.0. The molecule has 2 rings (SSSR count). The Morgan fingerprint density at radius 1 is 1.32 bits per heavy atom. The predicted molar refractivity (Wildman–Crippen MR) is 87.1 cm³/mol. The molecule has 1 aromatic carbocycles. The van der Waals surface area contributed by atoms with Crippen LogP contribution in [0.4, 0.5) is 11.5 Å². The van der Waals surface area contributed by atoms with E-state index in [4.69, 9.17) is 18.0 Å². The van der Waals surface area contributed by atoms with E-state index in [1.165, 1.54) is 0 Å². The fourth-order valence-electron chi connectivity index (χ4n) is 1.86. The van der Waals surface area contributed by atoms with Crippen molar-refractivity contribution in [2.75, 3.05) is 11.9 Å². The van der Waals surface area contributed by atoms with Crippen LogP contribution >= 0.6 is 28.1 Å². The third-order valence-corrected chi connectivity index (χ3v) is 3.54. The fraction of sp³-hybridized carbons (Fsp3) is 0.143. The Kier molecular flexibility index (Phi) is 4.17. The maximum atomic E-state index is 5.59. The maximum Gasteiger partial charge on any atom is 0.135 e. The minimum atomic E-state index is 0.409. The highest BCUT2D eigenvalue weighted by Crippen LogP contribution is 2.26. The number of pyridine rings is 1. The third kappa shape index (κ3) is 3.11. The van der Waals surface area contributed by atoms with Crippen molar-refractivity contribution in [3.63, 3.8) is 0 Å². The average Bonchev–Trinajstić information content (AvgIpc) is 2.38. The van der Waals surface area contributed by atoms with Crippen molar-refractivity contribution < 1.29 is 0 Å². The molecule has 0 atom stereocenters. The van der Waals surface area contributed by atoms with Crippen LogP contribution in [0.15, 0.2) is 41.0 Å². The molecule has 0 saturated heterocycles. The lowest BCUT2D eigenvalue weighted by atomic mass is 10.2. The third-order valence-electron chi connectivity index (χ3n) is 2.87. The zero-order valence-electron chi connectivity index (χ0n) is 10.7. The van der Waals surface area contributed by atoms with Crippen molar-refractivity contribution in [3.05, 3.63) is 52.1 Å². The summed E-state index contributed by atoms with van der Waals surface area (Å²) in [6.07, 6.45) is 1.79. The first-order chi connectivity index (χ1) is 8.99. The lowest BCUT2D eigenvalue weighted by Crippen LogP contribution is -2.14. The minimum Gasteiger partial charge on any atom is -0.389 e. The molecular weight excluding hydrogens is 322 g/mol. The van der Waals surface area contributed by atoms with Gasteiger partial charge in [0.15, 0.2) is 0 Å². The van der Waals surface area contributed by atoms with Crippen LogP contribution in [0.3, 0.4) is 0 Å². The summed E-state index contributed by atoms with van der Waals surface area (Å²) in [7, 11) is 1.99. The van der Waals surface area contributed by atoms with Crippen LogP contribution in [-0.4, -0.2) is 17.0 Å². The first-order valence-electron chi connectivity index (χ1n) is 5.75. The molecule has 0 bridgehead atoms. The van der Waals surface area contributed by atoms with Gasteiger partial charge in [-0.15, -0.1) is 0 Å². The van der Waals surface area contributed by atoms with Gasteiger partial charge in [0.25, 0.3) is 0 Å². The standard InChI is InChI=1S/C14H14BrN3S/c1-9-7-11(15)8-17-14(9)18(2)12-5-3-10(4-6-12)13(16)19/h3-8H,1-2H3,(H2,16,19). The number of halogens is 1. The fourth-order valence-corrected chi connectivity index (χ4v) is 2.44. The van der Waals surface area contributed by atoms with Crippen LogP contribution in [0.2, 0.25) is 0 Å². The van der Waals surface area contributed by atoms with Crippen LogP contribution in [0.5, 0.6) is 0 Å². The van der Waals surface area contributed by atoms with Gasteiger partial charge in [0.05, 0.1) is 0 Å². The van der Waals surface area contributed by atoms with Crippen molar-refractivity contribution in [2.24, 2.45) is 5.73 Å². The molecule has 0 aliphatic heterocycles. The second-order valence-electron chi connectivity index (χ2n) is 4.26. The number of rotatable bonds is 3. The number of thiocarbonyl (C=S) groups is 1. The molecule has 19 heavy (non-hydrogen) atoms. The summed E-state index contributed by atoms with van der Waals surface area (Å²) >= 11 is 8.36. The maximum absolute atomic E-state index is 5.59.